The summed E-state index contributed by atoms with van der Waals surface area (Å²) in [5.41, 5.74) is 3.21. The van der Waals surface area contributed by atoms with Gasteiger partial charge in [0.15, 0.2) is 23.2 Å². The molecule has 9 heteroatoms. The molecule has 0 saturated heterocycles. The summed E-state index contributed by atoms with van der Waals surface area (Å²) >= 11 is 1.38. The number of rotatable bonds is 10. The molecule has 0 unspecified atom stereocenters. The Balaban J connectivity index is 1.70. The lowest BCUT2D eigenvalue weighted by atomic mass is 10.1. The number of anilines is 1. The highest BCUT2D eigenvalue weighted by molar-refractivity contribution is 7.22. The van der Waals surface area contributed by atoms with E-state index in [2.05, 4.69) is 10.3 Å². The van der Waals surface area contributed by atoms with Crippen LogP contribution >= 0.6 is 11.3 Å². The van der Waals surface area contributed by atoms with Crippen LogP contribution in [0.15, 0.2) is 24.3 Å². The average molecular weight is 473 g/mol. The summed E-state index contributed by atoms with van der Waals surface area (Å²) in [5.74, 6) is 0.0317. The molecule has 1 heterocycles. The fourth-order valence-electron chi connectivity index (χ4n) is 3.30. The summed E-state index contributed by atoms with van der Waals surface area (Å²) in [6, 6.07) is 7.11. The smallest absolute Gasteiger partial charge is 0.338 e. The Labute approximate surface area is 196 Å². The van der Waals surface area contributed by atoms with E-state index in [0.29, 0.717) is 42.2 Å². The number of amides is 1. The van der Waals surface area contributed by atoms with Gasteiger partial charge in [0.1, 0.15) is 0 Å². The minimum absolute atomic E-state index is 0.198. The summed E-state index contributed by atoms with van der Waals surface area (Å²) in [6.07, 6.45) is 0. The summed E-state index contributed by atoms with van der Waals surface area (Å²) in [7, 11) is 0. The van der Waals surface area contributed by atoms with Gasteiger partial charge in [0.25, 0.3) is 5.91 Å². The molecule has 0 radical (unpaired) electrons. The standard InChI is InChI=1S/C24H28N2O6S/c1-6-29-17-11-16(12-18(30-7-2)22(17)31-8-3)23(28)32-13-20(27)25-24-26-21-15(5)9-14(4)10-19(21)33-24/h9-12H,6-8,13H2,1-5H3,(H,25,26,27). The van der Waals surface area contributed by atoms with Gasteiger partial charge < -0.3 is 18.9 Å². The van der Waals surface area contributed by atoms with Crippen molar-refractivity contribution in [2.75, 3.05) is 31.7 Å². The summed E-state index contributed by atoms with van der Waals surface area (Å²) < 4.78 is 23.1. The largest absolute Gasteiger partial charge is 0.490 e. The van der Waals surface area contributed by atoms with E-state index in [1.165, 1.54) is 23.5 Å². The van der Waals surface area contributed by atoms with Crippen LogP contribution in [0.25, 0.3) is 10.2 Å². The van der Waals surface area contributed by atoms with Gasteiger partial charge in [-0.2, -0.15) is 0 Å². The van der Waals surface area contributed by atoms with Gasteiger partial charge in [-0.3, -0.25) is 10.1 Å². The molecule has 176 valence electrons. The second-order valence-electron chi connectivity index (χ2n) is 7.17. The number of carbonyl (C=O) groups is 2. The molecule has 8 nitrogen and oxygen atoms in total. The molecule has 0 aliphatic heterocycles. The molecule has 1 N–H and O–H groups in total. The second kappa shape index (κ2) is 11.0. The third-order valence-corrected chi connectivity index (χ3v) is 5.47. The van der Waals surface area contributed by atoms with Gasteiger partial charge >= 0.3 is 5.97 Å². The van der Waals surface area contributed by atoms with E-state index in [1.54, 1.807) is 0 Å². The van der Waals surface area contributed by atoms with Gasteiger partial charge in [0.2, 0.25) is 5.75 Å². The van der Waals surface area contributed by atoms with Crippen LogP contribution in [0, 0.1) is 13.8 Å². The highest BCUT2D eigenvalue weighted by Crippen LogP contribution is 2.39. The lowest BCUT2D eigenvalue weighted by Gasteiger charge is -2.16. The molecular formula is C24H28N2O6S. The molecule has 0 bridgehead atoms. The molecule has 0 spiro atoms. The number of esters is 1. The van der Waals surface area contributed by atoms with E-state index in [4.69, 9.17) is 18.9 Å². The zero-order chi connectivity index (χ0) is 24.0. The zero-order valence-electron chi connectivity index (χ0n) is 19.4. The van der Waals surface area contributed by atoms with Crippen molar-refractivity contribution in [3.05, 3.63) is 41.0 Å². The second-order valence-corrected chi connectivity index (χ2v) is 8.20. The first-order valence-corrected chi connectivity index (χ1v) is 11.6. The van der Waals surface area contributed by atoms with Gasteiger partial charge in [-0.1, -0.05) is 17.4 Å². The maximum Gasteiger partial charge on any atom is 0.338 e. The molecule has 0 aliphatic rings. The first-order valence-electron chi connectivity index (χ1n) is 10.8. The van der Waals surface area contributed by atoms with Crippen LogP contribution in [0.3, 0.4) is 0 Å². The van der Waals surface area contributed by atoms with Crippen molar-refractivity contribution in [1.29, 1.82) is 0 Å². The molecule has 0 aliphatic carbocycles. The Morgan fingerprint density at radius 3 is 2.18 bits per heavy atom. The van der Waals surface area contributed by atoms with Crippen molar-refractivity contribution in [3.8, 4) is 17.2 Å². The lowest BCUT2D eigenvalue weighted by molar-refractivity contribution is -0.119. The van der Waals surface area contributed by atoms with Crippen LogP contribution in [0.4, 0.5) is 5.13 Å². The average Bonchev–Trinajstić information content (AvgIpc) is 3.17. The van der Waals surface area contributed by atoms with Gasteiger partial charge in [0.05, 0.1) is 35.6 Å². The fourth-order valence-corrected chi connectivity index (χ4v) is 4.36. The monoisotopic (exact) mass is 472 g/mol. The summed E-state index contributed by atoms with van der Waals surface area (Å²) in [5, 5.41) is 3.15. The third kappa shape index (κ3) is 5.92. The Morgan fingerprint density at radius 2 is 1.58 bits per heavy atom. The predicted molar refractivity (Wildman–Crippen MR) is 128 cm³/mol. The number of ether oxygens (including phenoxy) is 4. The van der Waals surface area contributed by atoms with Crippen LogP contribution in [0.2, 0.25) is 0 Å². The first kappa shape index (κ1) is 24.3. The highest BCUT2D eigenvalue weighted by Gasteiger charge is 2.20. The van der Waals surface area contributed by atoms with Gasteiger partial charge in [0, 0.05) is 0 Å². The van der Waals surface area contributed by atoms with Gasteiger partial charge in [-0.05, 0) is 63.9 Å². The number of hydrogen-bond acceptors (Lipinski definition) is 8. The van der Waals surface area contributed by atoms with Gasteiger partial charge in [-0.15, -0.1) is 0 Å². The minimum Gasteiger partial charge on any atom is -0.490 e. The Bertz CT molecular complexity index is 1130. The Morgan fingerprint density at radius 1 is 0.939 bits per heavy atom. The number of fused-ring (bicyclic) bond motifs is 1. The fraction of sp³-hybridized carbons (Fsp3) is 0.375. The maximum absolute atomic E-state index is 12.6. The number of benzene rings is 2. The Hall–Kier alpha value is -3.33. The summed E-state index contributed by atoms with van der Waals surface area (Å²) in [4.78, 5) is 29.5. The zero-order valence-corrected chi connectivity index (χ0v) is 20.3. The molecule has 1 amide bonds. The van der Waals surface area contributed by atoms with Crippen LogP contribution in [0.5, 0.6) is 17.2 Å². The van der Waals surface area contributed by atoms with E-state index >= 15 is 0 Å². The van der Waals surface area contributed by atoms with Crippen molar-refractivity contribution in [2.24, 2.45) is 0 Å². The van der Waals surface area contributed by atoms with Crippen molar-refractivity contribution in [2.45, 2.75) is 34.6 Å². The molecule has 33 heavy (non-hydrogen) atoms. The topological polar surface area (TPSA) is 96.0 Å². The van der Waals surface area contributed by atoms with Crippen molar-refractivity contribution in [1.82, 2.24) is 4.98 Å². The van der Waals surface area contributed by atoms with E-state index in [0.717, 1.165) is 21.3 Å². The quantitative estimate of drug-likeness (QED) is 0.419. The van der Waals surface area contributed by atoms with Gasteiger partial charge in [-0.25, -0.2) is 9.78 Å². The number of aryl methyl sites for hydroxylation is 2. The molecular weight excluding hydrogens is 444 g/mol. The number of nitrogens with one attached hydrogen (secondary N) is 1. The predicted octanol–water partition coefficient (Wildman–Crippen LogP) is 4.90. The van der Waals surface area contributed by atoms with Crippen LogP contribution in [0.1, 0.15) is 42.3 Å². The minimum atomic E-state index is -0.675. The van der Waals surface area contributed by atoms with E-state index in [-0.39, 0.29) is 5.56 Å². The summed E-state index contributed by atoms with van der Waals surface area (Å²) in [6.45, 7) is 10.2. The lowest BCUT2D eigenvalue weighted by Crippen LogP contribution is -2.21. The highest BCUT2D eigenvalue weighted by atomic mass is 32.1. The molecule has 0 fully saturated rings. The Kier molecular flexibility index (Phi) is 8.11. The number of aromatic nitrogens is 1. The van der Waals surface area contributed by atoms with E-state index in [1.807, 2.05) is 46.8 Å². The first-order chi connectivity index (χ1) is 15.9. The number of carbonyl (C=O) groups excluding carboxylic acids is 2. The molecule has 3 rings (SSSR count). The van der Waals surface area contributed by atoms with Crippen LogP contribution in [-0.2, 0) is 9.53 Å². The molecule has 2 aromatic carbocycles. The SMILES string of the molecule is CCOc1cc(C(=O)OCC(=O)Nc2nc3c(C)cc(C)cc3s2)cc(OCC)c1OCC. The molecule has 1 aromatic heterocycles. The molecule has 0 saturated carbocycles. The van der Waals surface area contributed by atoms with Crippen molar-refractivity contribution < 1.29 is 28.5 Å². The normalized spacial score (nSPS) is 10.7. The van der Waals surface area contributed by atoms with E-state index in [9.17, 15) is 9.59 Å². The van der Waals surface area contributed by atoms with Crippen LogP contribution < -0.4 is 19.5 Å². The number of nitrogens with zero attached hydrogens (tertiary/aromatic N) is 1. The molecule has 3 aromatic rings. The van der Waals surface area contributed by atoms with Crippen LogP contribution in [-0.4, -0.2) is 43.3 Å². The number of hydrogen-bond donors (Lipinski definition) is 1. The third-order valence-electron chi connectivity index (χ3n) is 4.56. The molecule has 0 atom stereocenters. The maximum atomic E-state index is 12.6. The van der Waals surface area contributed by atoms with Crippen molar-refractivity contribution >= 4 is 38.6 Å². The number of thiazole rings is 1. The van der Waals surface area contributed by atoms with E-state index < -0.39 is 18.5 Å². The van der Waals surface area contributed by atoms with Crippen molar-refractivity contribution in [3.63, 3.8) is 0 Å².